The summed E-state index contributed by atoms with van der Waals surface area (Å²) in [6.45, 7) is 4.10. The molecule has 2 aromatic carbocycles. The van der Waals surface area contributed by atoms with Crippen LogP contribution in [0.1, 0.15) is 16.8 Å². The number of benzene rings is 2. The van der Waals surface area contributed by atoms with Crippen LogP contribution in [0.4, 0.5) is 0 Å². The van der Waals surface area contributed by atoms with Gasteiger partial charge in [-0.15, -0.1) is 11.8 Å². The van der Waals surface area contributed by atoms with Gasteiger partial charge in [0.25, 0.3) is 0 Å². The number of halogens is 1. The van der Waals surface area contributed by atoms with Crippen molar-refractivity contribution in [3.8, 4) is 11.4 Å². The second kappa shape index (κ2) is 7.16. The molecule has 0 saturated carbocycles. The predicted molar refractivity (Wildman–Crippen MR) is 98.0 cm³/mol. The molecule has 0 N–H and O–H groups in total. The molecule has 116 valence electrons. The topological polar surface area (TPSA) is 25.8 Å². The van der Waals surface area contributed by atoms with Crippen molar-refractivity contribution in [1.29, 1.82) is 0 Å². The molecule has 3 aromatic rings. The predicted octanol–water partition coefficient (Wildman–Crippen LogP) is 5.71. The third kappa shape index (κ3) is 4.34. The van der Waals surface area contributed by atoms with Gasteiger partial charge in [0.2, 0.25) is 0 Å². The van der Waals surface area contributed by atoms with Crippen LogP contribution in [0, 0.1) is 13.8 Å². The van der Waals surface area contributed by atoms with Crippen LogP contribution >= 0.6 is 23.4 Å². The Morgan fingerprint density at radius 1 is 0.913 bits per heavy atom. The Hall–Kier alpha value is -1.84. The Kier molecular flexibility index (Phi) is 4.99. The van der Waals surface area contributed by atoms with Crippen LogP contribution in [0.25, 0.3) is 11.4 Å². The molecule has 0 aliphatic carbocycles. The minimum atomic E-state index is 0.718. The average Bonchev–Trinajstić information content (AvgIpc) is 2.54. The minimum Gasteiger partial charge on any atom is -0.233 e. The van der Waals surface area contributed by atoms with Crippen molar-refractivity contribution < 1.29 is 0 Å². The number of nitrogens with zero attached hydrogens (tertiary/aromatic N) is 2. The first-order valence-corrected chi connectivity index (χ1v) is 8.76. The molecule has 2 nitrogen and oxygen atoms in total. The van der Waals surface area contributed by atoms with Gasteiger partial charge >= 0.3 is 0 Å². The molecule has 23 heavy (non-hydrogen) atoms. The lowest BCUT2D eigenvalue weighted by Gasteiger charge is -2.07. The molecule has 0 unspecified atom stereocenters. The van der Waals surface area contributed by atoms with Crippen LogP contribution < -0.4 is 0 Å². The molecule has 0 atom stereocenters. The van der Waals surface area contributed by atoms with Crippen LogP contribution in [-0.4, -0.2) is 9.97 Å². The fraction of sp³-hybridized carbons (Fsp3) is 0.158. The van der Waals surface area contributed by atoms with E-state index < -0.39 is 0 Å². The highest BCUT2D eigenvalue weighted by Gasteiger charge is 2.06. The zero-order valence-electron chi connectivity index (χ0n) is 13.1. The van der Waals surface area contributed by atoms with Crippen molar-refractivity contribution in [3.63, 3.8) is 0 Å². The molecule has 0 aliphatic rings. The Bertz CT molecular complexity index is 799. The quantitative estimate of drug-likeness (QED) is 0.449. The lowest BCUT2D eigenvalue weighted by Crippen LogP contribution is -1.94. The van der Waals surface area contributed by atoms with Gasteiger partial charge in [-0.2, -0.15) is 0 Å². The maximum absolute atomic E-state index is 5.95. The Morgan fingerprint density at radius 3 is 2.30 bits per heavy atom. The highest BCUT2D eigenvalue weighted by Crippen LogP contribution is 2.25. The van der Waals surface area contributed by atoms with Gasteiger partial charge in [-0.3, -0.25) is 0 Å². The van der Waals surface area contributed by atoms with E-state index in [0.29, 0.717) is 0 Å². The molecule has 1 heterocycles. The van der Waals surface area contributed by atoms with E-state index in [9.17, 15) is 0 Å². The van der Waals surface area contributed by atoms with Crippen molar-refractivity contribution >= 4 is 23.4 Å². The number of aryl methyl sites for hydroxylation is 2. The fourth-order valence-corrected chi connectivity index (χ4v) is 3.22. The minimum absolute atomic E-state index is 0.718. The zero-order valence-corrected chi connectivity index (χ0v) is 14.7. The summed E-state index contributed by atoms with van der Waals surface area (Å²) in [6.07, 6.45) is 0. The van der Waals surface area contributed by atoms with E-state index in [1.807, 2.05) is 37.3 Å². The number of aromatic nitrogens is 2. The zero-order chi connectivity index (χ0) is 16.2. The van der Waals surface area contributed by atoms with Gasteiger partial charge in [0.05, 0.1) is 0 Å². The van der Waals surface area contributed by atoms with E-state index in [-0.39, 0.29) is 0 Å². The van der Waals surface area contributed by atoms with E-state index in [1.165, 1.54) is 11.1 Å². The van der Waals surface area contributed by atoms with Gasteiger partial charge in [-0.25, -0.2) is 9.97 Å². The summed E-state index contributed by atoms with van der Waals surface area (Å²) in [5.74, 6) is 1.64. The molecule has 0 bridgehead atoms. The largest absolute Gasteiger partial charge is 0.233 e. The summed E-state index contributed by atoms with van der Waals surface area (Å²) in [5.41, 5.74) is 4.53. The molecule has 0 spiro atoms. The standard InChI is InChI=1S/C19H17ClN2S/c1-13-3-5-15(6-4-13)12-23-18-11-14(2)21-19(22-18)16-7-9-17(20)10-8-16/h3-11H,12H2,1-2H3. The second-order valence-electron chi connectivity index (χ2n) is 5.45. The maximum Gasteiger partial charge on any atom is 0.160 e. The van der Waals surface area contributed by atoms with Gasteiger partial charge in [0.15, 0.2) is 5.82 Å². The van der Waals surface area contributed by atoms with Gasteiger partial charge in [0.1, 0.15) is 5.03 Å². The van der Waals surface area contributed by atoms with Crippen molar-refractivity contribution in [2.45, 2.75) is 24.6 Å². The number of hydrogen-bond acceptors (Lipinski definition) is 3. The van der Waals surface area contributed by atoms with Gasteiger partial charge in [0, 0.05) is 22.0 Å². The highest BCUT2D eigenvalue weighted by atomic mass is 35.5. The van der Waals surface area contributed by atoms with Crippen LogP contribution in [0.2, 0.25) is 5.02 Å². The first kappa shape index (κ1) is 16.0. The van der Waals surface area contributed by atoms with Crippen molar-refractivity contribution in [1.82, 2.24) is 9.97 Å². The van der Waals surface area contributed by atoms with Crippen LogP contribution in [0.15, 0.2) is 59.6 Å². The molecule has 0 amide bonds. The average molecular weight is 341 g/mol. The SMILES string of the molecule is Cc1ccc(CSc2cc(C)nc(-c3ccc(Cl)cc3)n2)cc1. The monoisotopic (exact) mass is 340 g/mol. The normalized spacial score (nSPS) is 10.7. The van der Waals surface area contributed by atoms with Crippen molar-refractivity contribution in [3.05, 3.63) is 76.4 Å². The van der Waals surface area contributed by atoms with Gasteiger partial charge in [-0.1, -0.05) is 41.4 Å². The molecular formula is C19H17ClN2S. The molecule has 0 radical (unpaired) electrons. The summed E-state index contributed by atoms with van der Waals surface area (Å²) in [5, 5.41) is 1.71. The molecule has 3 rings (SSSR count). The molecular weight excluding hydrogens is 324 g/mol. The summed E-state index contributed by atoms with van der Waals surface area (Å²) < 4.78 is 0. The van der Waals surface area contributed by atoms with E-state index in [4.69, 9.17) is 11.6 Å². The van der Waals surface area contributed by atoms with E-state index in [2.05, 4.69) is 41.2 Å². The summed E-state index contributed by atoms with van der Waals surface area (Å²) in [7, 11) is 0. The summed E-state index contributed by atoms with van der Waals surface area (Å²) in [4.78, 5) is 9.21. The molecule has 0 fully saturated rings. The van der Waals surface area contributed by atoms with E-state index in [0.717, 1.165) is 32.9 Å². The molecule has 0 saturated heterocycles. The smallest absolute Gasteiger partial charge is 0.160 e. The summed E-state index contributed by atoms with van der Waals surface area (Å²) >= 11 is 7.67. The Morgan fingerprint density at radius 2 is 1.61 bits per heavy atom. The van der Waals surface area contributed by atoms with Gasteiger partial charge in [-0.05, 0) is 49.7 Å². The first-order valence-electron chi connectivity index (χ1n) is 7.40. The van der Waals surface area contributed by atoms with Gasteiger partial charge < -0.3 is 0 Å². The fourth-order valence-electron chi connectivity index (χ4n) is 2.18. The van der Waals surface area contributed by atoms with Crippen LogP contribution in [0.3, 0.4) is 0 Å². The molecule has 4 heteroatoms. The molecule has 1 aromatic heterocycles. The van der Waals surface area contributed by atoms with Crippen molar-refractivity contribution in [2.75, 3.05) is 0 Å². The molecule has 0 aliphatic heterocycles. The third-order valence-electron chi connectivity index (χ3n) is 3.44. The number of hydrogen-bond donors (Lipinski definition) is 0. The van der Waals surface area contributed by atoms with Crippen LogP contribution in [-0.2, 0) is 5.75 Å². The van der Waals surface area contributed by atoms with Crippen molar-refractivity contribution in [2.24, 2.45) is 0 Å². The lowest BCUT2D eigenvalue weighted by atomic mass is 10.2. The maximum atomic E-state index is 5.95. The van der Waals surface area contributed by atoms with E-state index in [1.54, 1.807) is 11.8 Å². The van der Waals surface area contributed by atoms with E-state index >= 15 is 0 Å². The first-order chi connectivity index (χ1) is 11.1. The second-order valence-corrected chi connectivity index (χ2v) is 6.88. The number of thioether (sulfide) groups is 1. The lowest BCUT2D eigenvalue weighted by molar-refractivity contribution is 1.02. The third-order valence-corrected chi connectivity index (χ3v) is 4.68. The summed E-state index contributed by atoms with van der Waals surface area (Å²) in [6, 6.07) is 18.3. The Balaban J connectivity index is 1.80. The Labute approximate surface area is 146 Å². The highest BCUT2D eigenvalue weighted by molar-refractivity contribution is 7.98. The number of rotatable bonds is 4. The van der Waals surface area contributed by atoms with Crippen LogP contribution in [0.5, 0.6) is 0 Å².